The largest absolute Gasteiger partial charge is 0.393 e. The molecule has 10 heavy (non-hydrogen) atoms. The lowest BCUT2D eigenvalue weighted by Gasteiger charge is -2.08. The summed E-state index contributed by atoms with van der Waals surface area (Å²) in [5.74, 6) is -0.968. The van der Waals surface area contributed by atoms with E-state index in [9.17, 15) is 4.79 Å². The smallest absolute Gasteiger partial charge is 0.194 e. The highest BCUT2D eigenvalue weighted by Crippen LogP contribution is 1.90. The van der Waals surface area contributed by atoms with Gasteiger partial charge in [0.2, 0.25) is 0 Å². The molecule has 0 aliphatic carbocycles. The Bertz CT molecular complexity index is 101. The van der Waals surface area contributed by atoms with Crippen LogP contribution >= 0.6 is 0 Å². The Kier molecular flexibility index (Phi) is 4.13. The molecular weight excluding hydrogens is 141 g/mol. The molecule has 60 valence electrons. The van der Waals surface area contributed by atoms with Crippen LogP contribution in [0.2, 0.25) is 0 Å². The maximum atomic E-state index is 10.5. The number of Topliss-reactive ketones (excluding diaryl/α,β-unsaturated/α-hetero) is 1. The first-order chi connectivity index (χ1) is 4.63. The van der Waals surface area contributed by atoms with Crippen molar-refractivity contribution in [1.82, 2.24) is 0 Å². The molecule has 0 unspecified atom stereocenters. The molecule has 0 spiro atoms. The lowest BCUT2D eigenvalue weighted by Crippen LogP contribution is -2.36. The molecule has 5 nitrogen and oxygen atoms in total. The summed E-state index contributed by atoms with van der Waals surface area (Å²) in [7, 11) is 0. The van der Waals surface area contributed by atoms with E-state index in [1.165, 1.54) is 0 Å². The number of aliphatic hydroxyl groups is 4. The van der Waals surface area contributed by atoms with Gasteiger partial charge in [0.25, 0.3) is 0 Å². The molecule has 0 fully saturated rings. The van der Waals surface area contributed by atoms with E-state index in [-0.39, 0.29) is 0 Å². The zero-order valence-corrected chi connectivity index (χ0v) is 5.27. The molecule has 0 aliphatic heterocycles. The third kappa shape index (κ3) is 2.40. The third-order valence-corrected chi connectivity index (χ3v) is 1.00. The molecular formula is C5H10O5. The Labute approximate surface area is 57.5 Å². The number of hydrogen-bond acceptors (Lipinski definition) is 5. The van der Waals surface area contributed by atoms with Crippen LogP contribution in [-0.4, -0.2) is 51.6 Å². The average molecular weight is 151 g/mol. The van der Waals surface area contributed by atoms with Gasteiger partial charge in [-0.2, -0.15) is 0 Å². The van der Waals surface area contributed by atoms with Crippen LogP contribution in [0, 0.1) is 0 Å². The summed E-state index contributed by atoms with van der Waals surface area (Å²) >= 11 is 0. The summed E-state index contributed by atoms with van der Waals surface area (Å²) in [4.78, 5) is 10.5. The van der Waals surface area contributed by atoms with Gasteiger partial charge in [-0.05, 0) is 0 Å². The molecule has 0 heterocycles. The van der Waals surface area contributed by atoms with Crippen molar-refractivity contribution in [3.63, 3.8) is 0 Å². The van der Waals surface area contributed by atoms with Crippen molar-refractivity contribution in [2.24, 2.45) is 0 Å². The molecule has 0 aromatic heterocycles. The van der Waals surface area contributed by atoms with Gasteiger partial charge in [0.1, 0.15) is 12.2 Å². The fourth-order valence-electron chi connectivity index (χ4n) is 0.402. The van der Waals surface area contributed by atoms with Crippen molar-refractivity contribution >= 4 is 5.78 Å². The zero-order chi connectivity index (χ0) is 8.15. The highest BCUT2D eigenvalue weighted by molar-refractivity contribution is 5.87. The lowest BCUT2D eigenvalue weighted by molar-refractivity contribution is -0.139. The van der Waals surface area contributed by atoms with Gasteiger partial charge in [-0.1, -0.05) is 0 Å². The Morgan fingerprint density at radius 1 is 1.10 bits per heavy atom. The second kappa shape index (κ2) is 4.35. The summed E-state index contributed by atoms with van der Waals surface area (Å²) in [6, 6.07) is 0. The first kappa shape index (κ1) is 9.51. The van der Waals surface area contributed by atoms with E-state index < -0.39 is 31.2 Å². The Hall–Kier alpha value is -0.490. The minimum Gasteiger partial charge on any atom is -0.393 e. The van der Waals surface area contributed by atoms with Gasteiger partial charge < -0.3 is 20.4 Å². The van der Waals surface area contributed by atoms with Crippen LogP contribution in [-0.2, 0) is 4.79 Å². The van der Waals surface area contributed by atoms with Gasteiger partial charge in [0.05, 0.1) is 13.2 Å². The molecule has 0 rings (SSSR count). The molecule has 0 aromatic rings. The van der Waals surface area contributed by atoms with Crippen LogP contribution in [0.15, 0.2) is 0 Å². The molecule has 0 aromatic carbocycles. The quantitative estimate of drug-likeness (QED) is 0.327. The number of carbonyl (C=O) groups excluding carboxylic acids is 1. The number of ketones is 1. The summed E-state index contributed by atoms with van der Waals surface area (Å²) < 4.78 is 0. The highest BCUT2D eigenvalue weighted by atomic mass is 16.4. The summed E-state index contributed by atoms with van der Waals surface area (Å²) in [6.45, 7) is -1.48. The molecule has 0 amide bonds. The maximum absolute atomic E-state index is 10.5. The fraction of sp³-hybridized carbons (Fsp3) is 0.800. The van der Waals surface area contributed by atoms with Crippen molar-refractivity contribution in [2.45, 2.75) is 12.2 Å². The third-order valence-electron chi connectivity index (χ3n) is 1.00. The predicted octanol–water partition coefficient (Wildman–Crippen LogP) is -2.74. The van der Waals surface area contributed by atoms with E-state index in [0.717, 1.165) is 0 Å². The van der Waals surface area contributed by atoms with Crippen LogP contribution in [0.4, 0.5) is 0 Å². The van der Waals surface area contributed by atoms with E-state index in [1.807, 2.05) is 0 Å². The molecule has 0 aliphatic rings. The average Bonchev–Trinajstić information content (AvgIpc) is 2.00. The highest BCUT2D eigenvalue weighted by Gasteiger charge is 2.21. The molecule has 4 N–H and O–H groups in total. The minimum absolute atomic E-state index is 0.740. The Morgan fingerprint density at radius 2 is 1.40 bits per heavy atom. The molecule has 0 saturated heterocycles. The monoisotopic (exact) mass is 151 g/mol. The van der Waals surface area contributed by atoms with Crippen molar-refractivity contribution in [3.8, 4) is 0 Å². The van der Waals surface area contributed by atoms with Crippen LogP contribution in [0.3, 0.4) is 0 Å². The normalized spacial score (nSPS) is 16.4. The number of hydrogen-bond donors (Lipinski definition) is 4. The SMILES string of the molecule is O=C([C@@H](O)CO)[13C@H](O)CO. The number of rotatable bonds is 4. The van der Waals surface area contributed by atoms with Crippen molar-refractivity contribution in [1.29, 1.82) is 0 Å². The second-order valence-electron chi connectivity index (χ2n) is 1.80. The summed E-state index contributed by atoms with van der Waals surface area (Å²) in [5, 5.41) is 33.5. The van der Waals surface area contributed by atoms with Gasteiger partial charge >= 0.3 is 0 Å². The van der Waals surface area contributed by atoms with E-state index >= 15 is 0 Å². The van der Waals surface area contributed by atoms with E-state index in [4.69, 9.17) is 20.4 Å². The number of aliphatic hydroxyl groups excluding tert-OH is 4. The predicted molar refractivity (Wildman–Crippen MR) is 31.2 cm³/mol. The van der Waals surface area contributed by atoms with Crippen LogP contribution in [0.25, 0.3) is 0 Å². The van der Waals surface area contributed by atoms with Gasteiger partial charge in [-0.3, -0.25) is 4.79 Å². The van der Waals surface area contributed by atoms with E-state index in [0.29, 0.717) is 0 Å². The maximum Gasteiger partial charge on any atom is 0.194 e. The minimum atomic E-state index is -1.60. The topological polar surface area (TPSA) is 98.0 Å². The van der Waals surface area contributed by atoms with Gasteiger partial charge in [-0.25, -0.2) is 0 Å². The molecule has 5 heteroatoms. The standard InChI is InChI=1S/C5H10O5/c6-1-3(8)5(10)4(9)2-7/h3-4,6-9H,1-2H2/t3-,4+/i3+1/m1/s1. The Balaban J connectivity index is 3.82. The second-order valence-corrected chi connectivity index (χ2v) is 1.80. The zero-order valence-electron chi connectivity index (χ0n) is 5.27. The van der Waals surface area contributed by atoms with Gasteiger partial charge in [0, 0.05) is 0 Å². The molecule has 0 radical (unpaired) electrons. The fourth-order valence-corrected chi connectivity index (χ4v) is 0.402. The van der Waals surface area contributed by atoms with Gasteiger partial charge in [0.15, 0.2) is 5.78 Å². The van der Waals surface area contributed by atoms with E-state index in [2.05, 4.69) is 0 Å². The molecule has 0 saturated carbocycles. The van der Waals surface area contributed by atoms with Crippen molar-refractivity contribution in [3.05, 3.63) is 0 Å². The number of carbonyl (C=O) groups is 1. The Morgan fingerprint density at radius 3 is 1.60 bits per heavy atom. The molecule has 0 bridgehead atoms. The molecule has 2 atom stereocenters. The summed E-state index contributed by atoms with van der Waals surface area (Å²) in [5.41, 5.74) is 0. The van der Waals surface area contributed by atoms with Crippen LogP contribution in [0.5, 0.6) is 0 Å². The summed E-state index contributed by atoms with van der Waals surface area (Å²) in [6.07, 6.45) is -3.19. The lowest BCUT2D eigenvalue weighted by atomic mass is 10.3. The first-order valence-corrected chi connectivity index (χ1v) is 2.75. The van der Waals surface area contributed by atoms with Gasteiger partial charge in [-0.15, -0.1) is 0 Å². The van der Waals surface area contributed by atoms with Crippen LogP contribution in [0.1, 0.15) is 0 Å². The van der Waals surface area contributed by atoms with E-state index in [1.54, 1.807) is 0 Å². The van der Waals surface area contributed by atoms with Crippen molar-refractivity contribution < 1.29 is 25.2 Å². The van der Waals surface area contributed by atoms with Crippen molar-refractivity contribution in [2.75, 3.05) is 13.2 Å². The first-order valence-electron chi connectivity index (χ1n) is 2.75. The van der Waals surface area contributed by atoms with Crippen LogP contribution < -0.4 is 0 Å².